The van der Waals surface area contributed by atoms with Crippen molar-refractivity contribution in [2.45, 2.75) is 18.4 Å². The van der Waals surface area contributed by atoms with Crippen LogP contribution in [-0.2, 0) is 4.79 Å². The highest BCUT2D eigenvalue weighted by Gasteiger charge is 2.50. The van der Waals surface area contributed by atoms with Crippen molar-refractivity contribution in [1.82, 2.24) is 9.80 Å². The molecule has 2 aliphatic heterocycles. The van der Waals surface area contributed by atoms with Crippen LogP contribution >= 0.6 is 0 Å². The molecule has 30 heavy (non-hydrogen) atoms. The van der Waals surface area contributed by atoms with Gasteiger partial charge in [0.05, 0.1) is 5.69 Å². The summed E-state index contributed by atoms with van der Waals surface area (Å²) in [5.74, 6) is 1.21. The molecule has 0 spiro atoms. The van der Waals surface area contributed by atoms with Gasteiger partial charge in [0.2, 0.25) is 0 Å². The van der Waals surface area contributed by atoms with Crippen LogP contribution < -0.4 is 10.1 Å². The van der Waals surface area contributed by atoms with Gasteiger partial charge in [-0.1, -0.05) is 36.9 Å². The smallest absolute Gasteiger partial charge is 0.254 e. The second-order valence-electron chi connectivity index (χ2n) is 8.20. The first-order valence-corrected chi connectivity index (χ1v) is 10.3. The van der Waals surface area contributed by atoms with Crippen molar-refractivity contribution < 1.29 is 14.6 Å². The summed E-state index contributed by atoms with van der Waals surface area (Å²) in [5, 5.41) is 13.1. The van der Waals surface area contributed by atoms with E-state index in [1.165, 1.54) is 0 Å². The van der Waals surface area contributed by atoms with Crippen molar-refractivity contribution in [3.63, 3.8) is 0 Å². The maximum atomic E-state index is 12.3. The highest BCUT2D eigenvalue weighted by atomic mass is 16.5. The fourth-order valence-corrected chi connectivity index (χ4v) is 4.04. The second kappa shape index (κ2) is 6.92. The van der Waals surface area contributed by atoms with Crippen LogP contribution in [0.1, 0.15) is 18.4 Å². The van der Waals surface area contributed by atoms with Gasteiger partial charge >= 0.3 is 0 Å². The molecule has 1 aliphatic carbocycles. The number of aliphatic hydroxyl groups is 1. The van der Waals surface area contributed by atoms with Gasteiger partial charge in [0.15, 0.2) is 11.6 Å². The normalized spacial score (nSPS) is 19.0. The lowest BCUT2D eigenvalue weighted by molar-refractivity contribution is -0.143. The molecule has 2 N–H and O–H groups in total. The third kappa shape index (κ3) is 3.33. The Hall–Kier alpha value is -3.25. The molecule has 0 atom stereocenters. The van der Waals surface area contributed by atoms with Gasteiger partial charge in [0, 0.05) is 31.9 Å². The van der Waals surface area contributed by atoms with Crippen LogP contribution in [-0.4, -0.2) is 52.6 Å². The topological polar surface area (TPSA) is 65.0 Å². The first-order chi connectivity index (χ1) is 14.4. The monoisotopic (exact) mass is 403 g/mol. The van der Waals surface area contributed by atoms with Crippen molar-refractivity contribution in [3.8, 4) is 16.9 Å². The minimum absolute atomic E-state index is 0.116. The summed E-state index contributed by atoms with van der Waals surface area (Å²) in [6.45, 7) is 10.7. The molecule has 0 radical (unpaired) electrons. The second-order valence-corrected chi connectivity index (χ2v) is 8.20. The molecule has 1 saturated carbocycles. The first kappa shape index (κ1) is 18.8. The zero-order valence-electron chi connectivity index (χ0n) is 16.9. The van der Waals surface area contributed by atoms with Crippen LogP contribution in [0.3, 0.4) is 0 Å². The van der Waals surface area contributed by atoms with E-state index in [4.69, 9.17) is 4.74 Å². The van der Waals surface area contributed by atoms with Gasteiger partial charge < -0.3 is 25.0 Å². The molecule has 2 aromatic carbocycles. The molecule has 0 unspecified atom stereocenters. The van der Waals surface area contributed by atoms with Gasteiger partial charge in [0.25, 0.3) is 5.91 Å². The Balaban J connectivity index is 1.24. The molecule has 3 aliphatic rings. The Morgan fingerprint density at radius 3 is 2.30 bits per heavy atom. The Kier molecular flexibility index (Phi) is 4.33. The van der Waals surface area contributed by atoms with E-state index in [1.807, 2.05) is 12.1 Å². The minimum Gasteiger partial charge on any atom is -0.439 e. The van der Waals surface area contributed by atoms with E-state index in [-0.39, 0.29) is 5.91 Å². The van der Waals surface area contributed by atoms with Gasteiger partial charge in [-0.05, 0) is 48.2 Å². The lowest BCUT2D eigenvalue weighted by atomic mass is 10.0. The third-order valence-corrected chi connectivity index (χ3v) is 6.11. The average molecular weight is 403 g/mol. The molecule has 0 bridgehead atoms. The van der Waals surface area contributed by atoms with Crippen molar-refractivity contribution >= 4 is 17.3 Å². The zero-order chi connectivity index (χ0) is 20.9. The Morgan fingerprint density at radius 1 is 1.00 bits per heavy atom. The number of rotatable bonds is 4. The van der Waals surface area contributed by atoms with Crippen LogP contribution in [0.5, 0.6) is 5.75 Å². The number of piperazine rings is 1. The van der Waals surface area contributed by atoms with Crippen molar-refractivity contribution in [2.75, 3.05) is 31.5 Å². The lowest BCUT2D eigenvalue weighted by Gasteiger charge is -2.38. The first-order valence-electron chi connectivity index (χ1n) is 10.3. The van der Waals surface area contributed by atoms with E-state index in [0.29, 0.717) is 31.8 Å². The number of hydrogen-bond donors (Lipinski definition) is 2. The fourth-order valence-electron chi connectivity index (χ4n) is 4.04. The van der Waals surface area contributed by atoms with E-state index < -0.39 is 5.60 Å². The standard InChI is InChI=1S/C24H25N3O3/c1-16(26-11-13-27(14-12-26)23(28)24(29)9-10-24)18-3-5-19(6-4-18)20-7-8-21-22(15-20)30-17(2)25-21/h3-8,15,25,29H,1-2,9-14H2. The van der Waals surface area contributed by atoms with Crippen LogP contribution in [0.4, 0.5) is 5.69 Å². The van der Waals surface area contributed by atoms with Crippen LogP contribution in [0.2, 0.25) is 0 Å². The van der Waals surface area contributed by atoms with E-state index >= 15 is 0 Å². The van der Waals surface area contributed by atoms with Crippen LogP contribution in [0, 0.1) is 0 Å². The number of fused-ring (bicyclic) bond motifs is 1. The molecule has 1 amide bonds. The lowest BCUT2D eigenvalue weighted by Crippen LogP contribution is -2.51. The molecule has 2 aromatic rings. The number of nitrogens with one attached hydrogen (secondary N) is 1. The average Bonchev–Trinajstić information content (AvgIpc) is 3.41. The third-order valence-electron chi connectivity index (χ3n) is 6.11. The van der Waals surface area contributed by atoms with Gasteiger partial charge in [-0.15, -0.1) is 0 Å². The van der Waals surface area contributed by atoms with E-state index in [9.17, 15) is 9.90 Å². The number of nitrogens with zero attached hydrogens (tertiary/aromatic N) is 2. The quantitative estimate of drug-likeness (QED) is 0.820. The molecule has 5 rings (SSSR count). The fraction of sp³-hybridized carbons (Fsp3) is 0.292. The summed E-state index contributed by atoms with van der Waals surface area (Å²) in [6.07, 6.45) is 1.18. The summed E-state index contributed by atoms with van der Waals surface area (Å²) in [5.41, 5.74) is 4.04. The van der Waals surface area contributed by atoms with E-state index in [0.717, 1.165) is 46.9 Å². The highest BCUT2D eigenvalue weighted by molar-refractivity contribution is 5.88. The number of hydrogen-bond acceptors (Lipinski definition) is 5. The van der Waals surface area contributed by atoms with Crippen LogP contribution in [0.15, 0.2) is 61.5 Å². The molecule has 6 heteroatoms. The molecule has 2 fully saturated rings. The summed E-state index contributed by atoms with van der Waals surface area (Å²) in [6, 6.07) is 14.4. The molecule has 154 valence electrons. The minimum atomic E-state index is -1.08. The summed E-state index contributed by atoms with van der Waals surface area (Å²) in [7, 11) is 0. The van der Waals surface area contributed by atoms with Gasteiger partial charge in [-0.3, -0.25) is 4.79 Å². The number of benzene rings is 2. The zero-order valence-corrected chi connectivity index (χ0v) is 16.9. The molecule has 6 nitrogen and oxygen atoms in total. The van der Waals surface area contributed by atoms with E-state index in [2.05, 4.69) is 53.7 Å². The summed E-state index contributed by atoms with van der Waals surface area (Å²) < 4.78 is 5.59. The Labute approximate surface area is 176 Å². The Morgan fingerprint density at radius 2 is 1.63 bits per heavy atom. The maximum absolute atomic E-state index is 12.3. The predicted octanol–water partition coefficient (Wildman–Crippen LogP) is 3.27. The molecular formula is C24H25N3O3. The van der Waals surface area contributed by atoms with E-state index in [1.54, 1.807) is 4.90 Å². The number of carbonyl (C=O) groups is 1. The largest absolute Gasteiger partial charge is 0.439 e. The SMILES string of the molecule is C=C1Nc2ccc(-c3ccc(C(=C)N4CCN(C(=O)C5(O)CC5)CC4)cc3)cc2O1. The van der Waals surface area contributed by atoms with Crippen molar-refractivity contribution in [1.29, 1.82) is 0 Å². The number of carbonyl (C=O) groups excluding carboxylic acids is 1. The molecule has 0 aromatic heterocycles. The van der Waals surface area contributed by atoms with Crippen molar-refractivity contribution in [2.24, 2.45) is 0 Å². The number of ether oxygens (including phenoxy) is 1. The van der Waals surface area contributed by atoms with Gasteiger partial charge in [-0.25, -0.2) is 0 Å². The number of anilines is 1. The van der Waals surface area contributed by atoms with Gasteiger partial charge in [-0.2, -0.15) is 0 Å². The molecule has 1 saturated heterocycles. The highest BCUT2D eigenvalue weighted by Crippen LogP contribution is 2.38. The Bertz CT molecular complexity index is 1030. The molecule has 2 heterocycles. The molecular weight excluding hydrogens is 378 g/mol. The number of amides is 1. The summed E-state index contributed by atoms with van der Waals surface area (Å²) >= 11 is 0. The summed E-state index contributed by atoms with van der Waals surface area (Å²) in [4.78, 5) is 16.3. The van der Waals surface area contributed by atoms with Gasteiger partial charge in [0.1, 0.15) is 5.60 Å². The van der Waals surface area contributed by atoms with Crippen LogP contribution in [0.25, 0.3) is 16.8 Å². The predicted molar refractivity (Wildman–Crippen MR) is 117 cm³/mol. The maximum Gasteiger partial charge on any atom is 0.254 e. The van der Waals surface area contributed by atoms with Crippen molar-refractivity contribution in [3.05, 3.63) is 67.1 Å².